The second-order valence-corrected chi connectivity index (χ2v) is 3.63. The minimum absolute atomic E-state index is 0.0830. The lowest BCUT2D eigenvalue weighted by atomic mass is 9.95. The maximum absolute atomic E-state index is 12.9. The van der Waals surface area contributed by atoms with E-state index in [0.29, 0.717) is 12.3 Å². The van der Waals surface area contributed by atoms with Gasteiger partial charge in [-0.05, 0) is 13.3 Å². The van der Waals surface area contributed by atoms with Crippen molar-refractivity contribution >= 4 is 0 Å². The fourth-order valence-corrected chi connectivity index (χ4v) is 1.82. The third kappa shape index (κ3) is 1.57. The number of nitrogens with zero attached hydrogens (tertiary/aromatic N) is 1. The molecule has 2 heterocycles. The van der Waals surface area contributed by atoms with Gasteiger partial charge in [0, 0.05) is 18.5 Å². The smallest absolute Gasteiger partial charge is 0.145 e. The number of hydrogen-bond donors (Lipinski definition) is 1. The molecule has 1 aromatic heterocycles. The van der Waals surface area contributed by atoms with Gasteiger partial charge in [-0.2, -0.15) is 0 Å². The van der Waals surface area contributed by atoms with E-state index in [4.69, 9.17) is 10.5 Å². The van der Waals surface area contributed by atoms with Crippen molar-refractivity contribution in [3.05, 3.63) is 23.8 Å². The Morgan fingerprint density at radius 2 is 2.50 bits per heavy atom. The molecule has 76 valence electrons. The minimum atomic E-state index is -0.367. The molecule has 0 aromatic carbocycles. The van der Waals surface area contributed by atoms with E-state index in [-0.39, 0.29) is 17.8 Å². The number of nitrogens with two attached hydrogens (primary N) is 1. The average Bonchev–Trinajstić information content (AvgIpc) is 2.15. The van der Waals surface area contributed by atoms with Crippen LogP contribution in [0.4, 0.5) is 4.39 Å². The van der Waals surface area contributed by atoms with Gasteiger partial charge < -0.3 is 10.5 Å². The topological polar surface area (TPSA) is 48.1 Å². The van der Waals surface area contributed by atoms with Gasteiger partial charge in [-0.1, -0.05) is 0 Å². The van der Waals surface area contributed by atoms with Crippen LogP contribution in [0.25, 0.3) is 0 Å². The van der Waals surface area contributed by atoms with Crippen LogP contribution in [0.2, 0.25) is 0 Å². The molecular formula is C10H13FN2O. The number of fused-ring (bicyclic) bond motifs is 1. The number of halogens is 1. The van der Waals surface area contributed by atoms with Gasteiger partial charge in [0.25, 0.3) is 0 Å². The van der Waals surface area contributed by atoms with E-state index < -0.39 is 0 Å². The third-order valence-electron chi connectivity index (χ3n) is 2.46. The molecule has 0 radical (unpaired) electrons. The van der Waals surface area contributed by atoms with Gasteiger partial charge >= 0.3 is 0 Å². The van der Waals surface area contributed by atoms with Gasteiger partial charge in [-0.25, -0.2) is 4.39 Å². The predicted octanol–water partition coefficient (Wildman–Crippen LogP) is 1.43. The average molecular weight is 196 g/mol. The number of ether oxygens (including phenoxy) is 1. The molecule has 14 heavy (non-hydrogen) atoms. The summed E-state index contributed by atoms with van der Waals surface area (Å²) in [6.07, 6.45) is 2.14. The molecule has 3 nitrogen and oxygen atoms in total. The van der Waals surface area contributed by atoms with Crippen LogP contribution in [-0.4, -0.2) is 17.6 Å². The monoisotopic (exact) mass is 196 g/mol. The lowest BCUT2D eigenvalue weighted by Crippen LogP contribution is -2.28. The van der Waals surface area contributed by atoms with Crippen LogP contribution in [-0.2, 0) is 0 Å². The molecule has 0 spiro atoms. The molecule has 0 aliphatic carbocycles. The van der Waals surface area contributed by atoms with Crippen LogP contribution in [0.5, 0.6) is 5.75 Å². The maximum Gasteiger partial charge on any atom is 0.145 e. The van der Waals surface area contributed by atoms with E-state index >= 15 is 0 Å². The van der Waals surface area contributed by atoms with E-state index in [1.807, 2.05) is 6.92 Å². The fourth-order valence-electron chi connectivity index (χ4n) is 1.82. The zero-order valence-electron chi connectivity index (χ0n) is 8.03. The summed E-state index contributed by atoms with van der Waals surface area (Å²) in [6.45, 7) is 2.48. The Balaban J connectivity index is 2.40. The summed E-state index contributed by atoms with van der Waals surface area (Å²) < 4.78 is 18.4. The molecule has 2 atom stereocenters. The van der Waals surface area contributed by atoms with Crippen LogP contribution < -0.4 is 10.5 Å². The van der Waals surface area contributed by atoms with Crippen molar-refractivity contribution in [1.29, 1.82) is 0 Å². The van der Waals surface area contributed by atoms with E-state index in [1.165, 1.54) is 12.3 Å². The molecule has 2 N–H and O–H groups in total. The van der Waals surface area contributed by atoms with Gasteiger partial charge in [0.15, 0.2) is 0 Å². The van der Waals surface area contributed by atoms with E-state index in [1.54, 1.807) is 0 Å². The molecule has 1 aliphatic rings. The second-order valence-electron chi connectivity index (χ2n) is 3.63. The summed E-state index contributed by atoms with van der Waals surface area (Å²) >= 11 is 0. The summed E-state index contributed by atoms with van der Waals surface area (Å²) in [5, 5.41) is 0. The van der Waals surface area contributed by atoms with Crippen molar-refractivity contribution in [2.45, 2.75) is 25.4 Å². The second kappa shape index (κ2) is 3.53. The van der Waals surface area contributed by atoms with E-state index in [0.717, 1.165) is 12.1 Å². The SMILES string of the molecule is C[C@@H]1C[C@H](CN)c2ncc(F)cc2O1. The van der Waals surface area contributed by atoms with Crippen molar-refractivity contribution in [3.63, 3.8) is 0 Å². The molecular weight excluding hydrogens is 183 g/mol. The molecule has 0 saturated heterocycles. The van der Waals surface area contributed by atoms with Crippen molar-refractivity contribution in [1.82, 2.24) is 4.98 Å². The molecule has 0 unspecified atom stereocenters. The summed E-state index contributed by atoms with van der Waals surface area (Å²) in [7, 11) is 0. The van der Waals surface area contributed by atoms with Gasteiger partial charge in [0.2, 0.25) is 0 Å². The predicted molar refractivity (Wildman–Crippen MR) is 50.7 cm³/mol. The molecule has 1 aliphatic heterocycles. The Labute approximate surface area is 82.1 Å². The van der Waals surface area contributed by atoms with Gasteiger partial charge in [-0.3, -0.25) is 4.98 Å². The Kier molecular flexibility index (Phi) is 2.37. The zero-order chi connectivity index (χ0) is 10.1. The molecule has 1 aromatic rings. The summed E-state index contributed by atoms with van der Waals surface area (Å²) in [5.41, 5.74) is 6.41. The molecule has 0 amide bonds. The highest BCUT2D eigenvalue weighted by molar-refractivity contribution is 5.33. The first-order valence-electron chi connectivity index (χ1n) is 4.73. The van der Waals surface area contributed by atoms with Crippen LogP contribution in [0.1, 0.15) is 25.0 Å². The maximum atomic E-state index is 12.9. The van der Waals surface area contributed by atoms with Crippen LogP contribution in [0.15, 0.2) is 12.3 Å². The minimum Gasteiger partial charge on any atom is -0.489 e. The summed E-state index contributed by atoms with van der Waals surface area (Å²) in [6, 6.07) is 1.38. The highest BCUT2D eigenvalue weighted by Crippen LogP contribution is 2.34. The highest BCUT2D eigenvalue weighted by atomic mass is 19.1. The van der Waals surface area contributed by atoms with Gasteiger partial charge in [0.05, 0.1) is 18.0 Å². The molecule has 0 fully saturated rings. The molecule has 4 heteroatoms. The lowest BCUT2D eigenvalue weighted by molar-refractivity contribution is 0.173. The molecule has 0 bridgehead atoms. The van der Waals surface area contributed by atoms with Crippen molar-refractivity contribution in [2.24, 2.45) is 5.73 Å². The van der Waals surface area contributed by atoms with E-state index in [9.17, 15) is 4.39 Å². The quantitative estimate of drug-likeness (QED) is 0.739. The number of pyridine rings is 1. The van der Waals surface area contributed by atoms with Crippen LogP contribution >= 0.6 is 0 Å². The third-order valence-corrected chi connectivity index (χ3v) is 2.46. The first-order chi connectivity index (χ1) is 6.70. The van der Waals surface area contributed by atoms with Crippen molar-refractivity contribution in [3.8, 4) is 5.75 Å². The molecule has 0 saturated carbocycles. The van der Waals surface area contributed by atoms with Crippen LogP contribution in [0, 0.1) is 5.82 Å². The van der Waals surface area contributed by atoms with Crippen LogP contribution in [0.3, 0.4) is 0 Å². The lowest BCUT2D eigenvalue weighted by Gasteiger charge is -2.28. The van der Waals surface area contributed by atoms with Gasteiger partial charge in [0.1, 0.15) is 11.6 Å². The van der Waals surface area contributed by atoms with E-state index in [2.05, 4.69) is 4.98 Å². The number of rotatable bonds is 1. The highest BCUT2D eigenvalue weighted by Gasteiger charge is 2.26. The Morgan fingerprint density at radius 3 is 3.21 bits per heavy atom. The van der Waals surface area contributed by atoms with Crippen molar-refractivity contribution < 1.29 is 9.13 Å². The fraction of sp³-hybridized carbons (Fsp3) is 0.500. The largest absolute Gasteiger partial charge is 0.489 e. The summed E-state index contributed by atoms with van der Waals surface area (Å²) in [5.74, 6) is 0.363. The first kappa shape index (κ1) is 9.40. The van der Waals surface area contributed by atoms with Crippen molar-refractivity contribution in [2.75, 3.05) is 6.54 Å². The molecule has 2 rings (SSSR count). The Morgan fingerprint density at radius 1 is 1.71 bits per heavy atom. The summed E-state index contributed by atoms with van der Waals surface area (Å²) in [4.78, 5) is 4.03. The zero-order valence-corrected chi connectivity index (χ0v) is 8.03. The van der Waals surface area contributed by atoms with Gasteiger partial charge in [-0.15, -0.1) is 0 Å². The Bertz CT molecular complexity index is 343. The Hall–Kier alpha value is -1.16. The normalized spacial score (nSPS) is 25.4. The number of hydrogen-bond acceptors (Lipinski definition) is 3. The first-order valence-corrected chi connectivity index (χ1v) is 4.73. The number of aromatic nitrogens is 1. The standard InChI is InChI=1S/C10H13FN2O/c1-6-2-7(4-12)10-9(14-6)3-8(11)5-13-10/h3,5-7H,2,4,12H2,1H3/t6-,7-/m1/s1.